The van der Waals surface area contributed by atoms with Crippen LogP contribution in [0.25, 0.3) is 6.08 Å². The van der Waals surface area contributed by atoms with E-state index in [1.807, 2.05) is 6.92 Å². The highest BCUT2D eigenvalue weighted by Gasteiger charge is 2.35. The molecule has 4 rings (SSSR count). The first-order chi connectivity index (χ1) is 17.3. The highest BCUT2D eigenvalue weighted by molar-refractivity contribution is 9.10. The van der Waals surface area contributed by atoms with E-state index in [0.717, 1.165) is 0 Å². The van der Waals surface area contributed by atoms with E-state index in [-0.39, 0.29) is 23.5 Å². The van der Waals surface area contributed by atoms with Crippen molar-refractivity contribution in [2.75, 3.05) is 20.3 Å². The summed E-state index contributed by atoms with van der Waals surface area (Å²) in [4.78, 5) is 31.9. The van der Waals surface area contributed by atoms with Crippen molar-refractivity contribution >= 4 is 39.3 Å². The molecule has 0 spiro atoms. The van der Waals surface area contributed by atoms with Crippen molar-refractivity contribution < 1.29 is 24.1 Å². The number of esters is 1. The molecule has 0 bridgehead atoms. The van der Waals surface area contributed by atoms with Crippen LogP contribution in [0.15, 0.2) is 61.9 Å². The molecular weight excluding hydrogens is 548 g/mol. The number of benzene rings is 2. The maximum absolute atomic E-state index is 13.7. The minimum absolute atomic E-state index is 0.0577. The van der Waals surface area contributed by atoms with Crippen LogP contribution < -0.4 is 24.4 Å². The van der Waals surface area contributed by atoms with Gasteiger partial charge < -0.3 is 19.3 Å². The van der Waals surface area contributed by atoms with Gasteiger partial charge in [0.25, 0.3) is 5.56 Å². The number of rotatable bonds is 7. The number of nitrogens with zero attached hydrogens (tertiary/aromatic N) is 2. The molecule has 0 saturated carbocycles. The first kappa shape index (κ1) is 25.7. The molecule has 0 radical (unpaired) electrons. The monoisotopic (exact) mass is 572 g/mol. The number of fused-ring (bicyclic) bond motifs is 1. The van der Waals surface area contributed by atoms with Crippen molar-refractivity contribution in [2.45, 2.75) is 26.8 Å². The average Bonchev–Trinajstić information content (AvgIpc) is 3.14. The van der Waals surface area contributed by atoms with Gasteiger partial charge in [-0.3, -0.25) is 9.36 Å². The van der Waals surface area contributed by atoms with Gasteiger partial charge in [-0.2, -0.15) is 0 Å². The average molecular weight is 573 g/mol. The van der Waals surface area contributed by atoms with E-state index >= 15 is 0 Å². The van der Waals surface area contributed by atoms with Gasteiger partial charge in [0.05, 0.1) is 42.2 Å². The van der Waals surface area contributed by atoms with Gasteiger partial charge in [-0.15, -0.1) is 0 Å². The van der Waals surface area contributed by atoms with Gasteiger partial charge in [0.1, 0.15) is 5.75 Å². The first-order valence-electron chi connectivity index (χ1n) is 11.3. The number of phenols is 1. The van der Waals surface area contributed by atoms with E-state index in [0.29, 0.717) is 48.7 Å². The third-order valence-electron chi connectivity index (χ3n) is 5.62. The number of halogens is 1. The minimum Gasteiger partial charge on any atom is -0.507 e. The lowest BCUT2D eigenvalue weighted by Crippen LogP contribution is -2.40. The predicted molar refractivity (Wildman–Crippen MR) is 140 cm³/mol. The van der Waals surface area contributed by atoms with E-state index in [2.05, 4.69) is 20.9 Å². The maximum atomic E-state index is 13.7. The molecule has 1 aliphatic heterocycles. The van der Waals surface area contributed by atoms with Gasteiger partial charge in [0.2, 0.25) is 0 Å². The number of allylic oxidation sites excluding steroid dienone is 1. The zero-order valence-electron chi connectivity index (χ0n) is 20.2. The largest absolute Gasteiger partial charge is 0.507 e. The van der Waals surface area contributed by atoms with Crippen molar-refractivity contribution in [1.82, 2.24) is 4.57 Å². The van der Waals surface area contributed by atoms with Crippen LogP contribution in [-0.2, 0) is 9.53 Å². The summed E-state index contributed by atoms with van der Waals surface area (Å²) in [5.41, 5.74) is 1.48. The molecule has 1 aliphatic rings. The van der Waals surface area contributed by atoms with E-state index in [1.54, 1.807) is 56.3 Å². The van der Waals surface area contributed by atoms with E-state index in [9.17, 15) is 14.7 Å². The van der Waals surface area contributed by atoms with Crippen LogP contribution in [0.3, 0.4) is 0 Å². The quantitative estimate of drug-likeness (QED) is 0.434. The summed E-state index contributed by atoms with van der Waals surface area (Å²) in [5, 5.41) is 10.2. The van der Waals surface area contributed by atoms with Crippen LogP contribution in [0.4, 0.5) is 0 Å². The van der Waals surface area contributed by atoms with E-state index < -0.39 is 12.0 Å². The highest BCUT2D eigenvalue weighted by Crippen LogP contribution is 2.41. The molecule has 36 heavy (non-hydrogen) atoms. The number of hydrogen-bond acceptors (Lipinski definition) is 8. The van der Waals surface area contributed by atoms with E-state index in [4.69, 9.17) is 14.2 Å². The zero-order valence-corrected chi connectivity index (χ0v) is 22.6. The van der Waals surface area contributed by atoms with Gasteiger partial charge in [0, 0.05) is 10.0 Å². The lowest BCUT2D eigenvalue weighted by atomic mass is 9.95. The molecule has 1 N–H and O–H groups in total. The van der Waals surface area contributed by atoms with Gasteiger partial charge in [-0.1, -0.05) is 45.5 Å². The highest BCUT2D eigenvalue weighted by atomic mass is 79.9. The molecule has 3 aromatic rings. The maximum Gasteiger partial charge on any atom is 0.338 e. The van der Waals surface area contributed by atoms with Gasteiger partial charge in [-0.25, -0.2) is 9.79 Å². The second-order valence-corrected chi connectivity index (χ2v) is 9.68. The summed E-state index contributed by atoms with van der Waals surface area (Å²) < 4.78 is 19.1. The topological polar surface area (TPSA) is 99.4 Å². The van der Waals surface area contributed by atoms with Crippen molar-refractivity contribution in [3.63, 3.8) is 0 Å². The molecule has 0 fully saturated rings. The summed E-state index contributed by atoms with van der Waals surface area (Å²) >= 11 is 4.79. The summed E-state index contributed by atoms with van der Waals surface area (Å²) in [5.74, 6) is 0.492. The number of thiazole rings is 1. The van der Waals surface area contributed by atoms with Crippen molar-refractivity contribution in [2.24, 2.45) is 4.99 Å². The number of aromatic nitrogens is 1. The fourth-order valence-corrected chi connectivity index (χ4v) is 5.60. The van der Waals surface area contributed by atoms with Crippen molar-refractivity contribution in [3.05, 3.63) is 83.0 Å². The summed E-state index contributed by atoms with van der Waals surface area (Å²) in [6, 6.07) is 9.43. The Bertz CT molecular complexity index is 1540. The van der Waals surface area contributed by atoms with Gasteiger partial charge in [0.15, 0.2) is 16.3 Å². The van der Waals surface area contributed by atoms with Crippen LogP contribution >= 0.6 is 27.3 Å². The SMILES string of the molecule is CCOC(=O)C1=C(C)N=c2s/c(=C/c3ccccc3O)c(=O)n2[C@H]1c1cc(OC)c(OCC)cc1Br. The molecule has 10 heteroatoms. The summed E-state index contributed by atoms with van der Waals surface area (Å²) in [6.07, 6.45) is 1.62. The third-order valence-corrected chi connectivity index (χ3v) is 7.29. The third kappa shape index (κ3) is 4.70. The number of para-hydroxylation sites is 1. The molecule has 8 nitrogen and oxygen atoms in total. The summed E-state index contributed by atoms with van der Waals surface area (Å²) in [7, 11) is 1.53. The Morgan fingerprint density at radius 3 is 2.64 bits per heavy atom. The standard InChI is InChI=1S/C26H25BrN2O6S/c1-5-34-20-13-17(27)16(12-19(20)33-4)23-22(25(32)35-6-2)14(3)28-26-29(23)24(31)21(36-26)11-15-9-7-8-10-18(15)30/h7-13,23,30H,5-6H2,1-4H3/b21-11+/t23-/m0/s1. The van der Waals surface area contributed by atoms with Gasteiger partial charge in [-0.05, 0) is 50.6 Å². The molecule has 1 atom stereocenters. The Morgan fingerprint density at radius 2 is 1.97 bits per heavy atom. The normalized spacial score (nSPS) is 15.4. The molecular formula is C26H25BrN2O6S. The molecule has 0 saturated heterocycles. The van der Waals surface area contributed by atoms with Crippen LogP contribution in [0.2, 0.25) is 0 Å². The Labute approximate surface area is 219 Å². The number of aromatic hydroxyl groups is 1. The summed E-state index contributed by atoms with van der Waals surface area (Å²) in [6.45, 7) is 5.93. The van der Waals surface area contributed by atoms with Crippen LogP contribution in [0.1, 0.15) is 37.9 Å². The van der Waals surface area contributed by atoms with Crippen molar-refractivity contribution in [3.8, 4) is 17.2 Å². The van der Waals surface area contributed by atoms with Gasteiger partial charge >= 0.3 is 5.97 Å². The Balaban J connectivity index is 2.01. The van der Waals surface area contributed by atoms with Crippen molar-refractivity contribution in [1.29, 1.82) is 0 Å². The predicted octanol–water partition coefficient (Wildman–Crippen LogP) is 3.67. The molecule has 2 aromatic carbocycles. The molecule has 0 amide bonds. The molecule has 0 unspecified atom stereocenters. The smallest absolute Gasteiger partial charge is 0.338 e. The zero-order chi connectivity index (χ0) is 26.0. The van der Waals surface area contributed by atoms with E-state index in [1.165, 1.54) is 23.0 Å². The Kier molecular flexibility index (Phi) is 7.65. The number of carbonyl (C=O) groups excluding carboxylic acids is 1. The second kappa shape index (κ2) is 10.7. The second-order valence-electron chi connectivity index (χ2n) is 7.82. The fraction of sp³-hybridized carbons (Fsp3) is 0.269. The lowest BCUT2D eigenvalue weighted by Gasteiger charge is -2.26. The number of carbonyl (C=O) groups is 1. The number of ether oxygens (including phenoxy) is 3. The van der Waals surface area contributed by atoms with Crippen LogP contribution in [-0.4, -0.2) is 36.0 Å². The number of hydrogen-bond donors (Lipinski definition) is 1. The molecule has 1 aromatic heterocycles. The first-order valence-corrected chi connectivity index (χ1v) is 12.9. The number of phenolic OH excluding ortho intramolecular Hbond substituents is 1. The Hall–Kier alpha value is -3.37. The molecule has 188 valence electrons. The van der Waals surface area contributed by atoms with Crippen LogP contribution in [0.5, 0.6) is 17.2 Å². The fourth-order valence-electron chi connectivity index (χ4n) is 4.02. The minimum atomic E-state index is -0.828. The number of methoxy groups -OCH3 is 1. The van der Waals surface area contributed by atoms with Crippen LogP contribution in [0, 0.1) is 0 Å². The molecule has 2 heterocycles. The molecule has 0 aliphatic carbocycles. The Morgan fingerprint density at radius 1 is 1.22 bits per heavy atom. The lowest BCUT2D eigenvalue weighted by molar-refractivity contribution is -0.139.